The molecule has 3 N–H and O–H groups in total. The smallest absolute Gasteiger partial charge is 0.337 e. The number of aromatic carboxylic acids is 1. The summed E-state index contributed by atoms with van der Waals surface area (Å²) in [5.41, 5.74) is 0.318. The van der Waals surface area contributed by atoms with E-state index in [2.05, 4.69) is 15.3 Å². The fraction of sp³-hybridized carbons (Fsp3) is 0.125. The number of furan rings is 1. The van der Waals surface area contributed by atoms with Crippen LogP contribution in [0.3, 0.4) is 0 Å². The lowest BCUT2D eigenvalue weighted by atomic mass is 10.2. The number of hydrogen-bond acceptors (Lipinski definition) is 7. The van der Waals surface area contributed by atoms with Gasteiger partial charge in [-0.2, -0.15) is 4.98 Å². The second-order valence-corrected chi connectivity index (χ2v) is 7.22. The number of amides is 2. The minimum atomic E-state index is -4.43. The van der Waals surface area contributed by atoms with E-state index < -0.39 is 32.5 Å². The number of hydrogen-bond donors (Lipinski definition) is 3. The van der Waals surface area contributed by atoms with Gasteiger partial charge in [-0.1, -0.05) is 12.1 Å². The summed E-state index contributed by atoms with van der Waals surface area (Å²) in [6.07, 6.45) is 0. The van der Waals surface area contributed by atoms with Gasteiger partial charge in [0, 0.05) is 0 Å². The number of carbonyl (C=O) groups is 2. The Morgan fingerprint density at radius 2 is 1.85 bits per heavy atom. The third-order valence-corrected chi connectivity index (χ3v) is 4.96. The van der Waals surface area contributed by atoms with Crippen LogP contribution < -0.4 is 10.0 Å². The average Bonchev–Trinajstić information content (AvgIpc) is 2.95. The number of carboxylic acids is 1. The number of aromatic nitrogens is 2. The van der Waals surface area contributed by atoms with E-state index in [1.807, 2.05) is 0 Å². The zero-order valence-corrected chi connectivity index (χ0v) is 15.0. The van der Waals surface area contributed by atoms with Gasteiger partial charge >= 0.3 is 12.0 Å². The van der Waals surface area contributed by atoms with Gasteiger partial charge in [0.2, 0.25) is 11.7 Å². The highest BCUT2D eigenvalue weighted by Crippen LogP contribution is 2.21. The second-order valence-electron chi connectivity index (χ2n) is 5.57. The zero-order chi connectivity index (χ0) is 19.8. The summed E-state index contributed by atoms with van der Waals surface area (Å²) in [5.74, 6) is -0.987. The van der Waals surface area contributed by atoms with Crippen LogP contribution in [0.4, 0.5) is 10.7 Å². The maximum Gasteiger partial charge on any atom is 0.337 e. The molecule has 2 aromatic heterocycles. The Labute approximate surface area is 153 Å². The van der Waals surface area contributed by atoms with Crippen molar-refractivity contribution < 1.29 is 27.5 Å². The molecule has 0 bridgehead atoms. The number of carbonyl (C=O) groups excluding carboxylic acids is 1. The molecule has 2 heterocycles. The summed E-state index contributed by atoms with van der Waals surface area (Å²) in [6, 6.07) is 5.52. The Morgan fingerprint density at radius 1 is 1.15 bits per heavy atom. The summed E-state index contributed by atoms with van der Waals surface area (Å²) in [4.78, 5) is 30.8. The maximum absolute atomic E-state index is 12.3. The van der Waals surface area contributed by atoms with Gasteiger partial charge in [-0.25, -0.2) is 27.7 Å². The van der Waals surface area contributed by atoms with Crippen molar-refractivity contribution in [1.29, 1.82) is 0 Å². The molecule has 10 nitrogen and oxygen atoms in total. The SMILES string of the molecule is Cc1cc2c(C)nc(NC(=O)NS(=O)(=O)c3ccccc3C(=O)O)nc2o1. The topological polar surface area (TPSA) is 151 Å². The van der Waals surface area contributed by atoms with Crippen molar-refractivity contribution >= 4 is 39.1 Å². The number of fused-ring (bicyclic) bond motifs is 1. The minimum Gasteiger partial charge on any atom is -0.478 e. The van der Waals surface area contributed by atoms with E-state index in [1.165, 1.54) is 12.1 Å². The van der Waals surface area contributed by atoms with Crippen LogP contribution >= 0.6 is 0 Å². The number of urea groups is 1. The first-order chi connectivity index (χ1) is 12.7. The number of nitrogens with zero attached hydrogens (tertiary/aromatic N) is 2. The molecule has 1 aromatic carbocycles. The predicted molar refractivity (Wildman–Crippen MR) is 94.0 cm³/mol. The van der Waals surface area contributed by atoms with Crippen molar-refractivity contribution in [2.75, 3.05) is 5.32 Å². The van der Waals surface area contributed by atoms with Crippen LogP contribution in [0.5, 0.6) is 0 Å². The quantitative estimate of drug-likeness (QED) is 0.612. The highest BCUT2D eigenvalue weighted by atomic mass is 32.2. The van der Waals surface area contributed by atoms with Crippen LogP contribution in [-0.4, -0.2) is 35.5 Å². The number of carboxylic acid groups (broad SMARTS) is 1. The summed E-state index contributed by atoms with van der Waals surface area (Å²) >= 11 is 0. The predicted octanol–water partition coefficient (Wildman–Crippen LogP) is 2.05. The molecule has 11 heteroatoms. The van der Waals surface area contributed by atoms with E-state index in [0.717, 1.165) is 12.1 Å². The van der Waals surface area contributed by atoms with Gasteiger partial charge in [0.25, 0.3) is 10.0 Å². The van der Waals surface area contributed by atoms with E-state index in [4.69, 9.17) is 9.52 Å². The van der Waals surface area contributed by atoms with Crippen LogP contribution in [0.25, 0.3) is 11.1 Å². The molecule has 0 atom stereocenters. The number of rotatable bonds is 4. The Hall–Kier alpha value is -3.47. The van der Waals surface area contributed by atoms with Gasteiger partial charge in [0.1, 0.15) is 10.7 Å². The van der Waals surface area contributed by atoms with Crippen molar-refractivity contribution in [1.82, 2.24) is 14.7 Å². The normalized spacial score (nSPS) is 11.3. The molecule has 2 amide bonds. The molecule has 0 saturated heterocycles. The monoisotopic (exact) mass is 390 g/mol. The first-order valence-corrected chi connectivity index (χ1v) is 9.06. The van der Waals surface area contributed by atoms with Crippen LogP contribution in [0, 0.1) is 13.8 Å². The van der Waals surface area contributed by atoms with Gasteiger partial charge in [-0.15, -0.1) is 0 Å². The third kappa shape index (κ3) is 3.72. The molecule has 0 aliphatic rings. The Morgan fingerprint density at radius 3 is 2.56 bits per heavy atom. The molecule has 3 rings (SSSR count). The Bertz CT molecular complexity index is 1170. The summed E-state index contributed by atoms with van der Waals surface area (Å²) in [7, 11) is -4.43. The molecular weight excluding hydrogens is 376 g/mol. The number of benzene rings is 1. The number of sulfonamides is 1. The highest BCUT2D eigenvalue weighted by Gasteiger charge is 2.24. The van der Waals surface area contributed by atoms with Gasteiger partial charge < -0.3 is 9.52 Å². The first-order valence-electron chi connectivity index (χ1n) is 7.58. The van der Waals surface area contributed by atoms with Crippen molar-refractivity contribution in [3.8, 4) is 0 Å². The van der Waals surface area contributed by atoms with Gasteiger partial charge in [-0.05, 0) is 32.0 Å². The second kappa shape index (κ2) is 6.68. The number of nitrogens with one attached hydrogen (secondary N) is 2. The van der Waals surface area contributed by atoms with Crippen molar-refractivity contribution in [2.45, 2.75) is 18.7 Å². The largest absolute Gasteiger partial charge is 0.478 e. The lowest BCUT2D eigenvalue weighted by Gasteiger charge is -2.10. The summed E-state index contributed by atoms with van der Waals surface area (Å²) in [5, 5.41) is 12.0. The Balaban J connectivity index is 1.84. The van der Waals surface area contributed by atoms with E-state index in [0.29, 0.717) is 16.8 Å². The minimum absolute atomic E-state index is 0.159. The molecule has 3 aromatic rings. The molecular formula is C16H14N4O6S. The van der Waals surface area contributed by atoms with Crippen molar-refractivity contribution in [3.05, 3.63) is 47.3 Å². The van der Waals surface area contributed by atoms with E-state index >= 15 is 0 Å². The van der Waals surface area contributed by atoms with Crippen molar-refractivity contribution in [3.63, 3.8) is 0 Å². The fourth-order valence-electron chi connectivity index (χ4n) is 2.42. The van der Waals surface area contributed by atoms with Gasteiger partial charge in [0.05, 0.1) is 16.6 Å². The van der Waals surface area contributed by atoms with Crippen LogP contribution in [0.15, 0.2) is 39.6 Å². The lowest BCUT2D eigenvalue weighted by Crippen LogP contribution is -2.35. The third-order valence-electron chi connectivity index (χ3n) is 3.57. The summed E-state index contributed by atoms with van der Waals surface area (Å²) < 4.78 is 31.8. The molecule has 0 fully saturated rings. The van der Waals surface area contributed by atoms with Crippen LogP contribution in [-0.2, 0) is 10.0 Å². The lowest BCUT2D eigenvalue weighted by molar-refractivity contribution is 0.0692. The van der Waals surface area contributed by atoms with Crippen molar-refractivity contribution in [2.24, 2.45) is 0 Å². The van der Waals surface area contributed by atoms with Crippen LogP contribution in [0.2, 0.25) is 0 Å². The Kier molecular flexibility index (Phi) is 4.54. The molecule has 27 heavy (non-hydrogen) atoms. The van der Waals surface area contributed by atoms with Gasteiger partial charge in [-0.3, -0.25) is 5.32 Å². The molecule has 140 valence electrons. The maximum atomic E-state index is 12.3. The zero-order valence-electron chi connectivity index (χ0n) is 14.2. The van der Waals surface area contributed by atoms with E-state index in [1.54, 1.807) is 24.6 Å². The molecule has 0 spiro atoms. The molecule has 0 saturated carbocycles. The fourth-order valence-corrected chi connectivity index (χ4v) is 3.53. The molecule has 0 radical (unpaired) electrons. The number of aryl methyl sites for hydroxylation is 2. The molecule has 0 aliphatic carbocycles. The first kappa shape index (κ1) is 18.3. The highest BCUT2D eigenvalue weighted by molar-refractivity contribution is 7.90. The van der Waals surface area contributed by atoms with E-state index in [9.17, 15) is 18.0 Å². The van der Waals surface area contributed by atoms with Crippen LogP contribution in [0.1, 0.15) is 21.8 Å². The van der Waals surface area contributed by atoms with E-state index in [-0.39, 0.29) is 11.7 Å². The van der Waals surface area contributed by atoms with Gasteiger partial charge in [0.15, 0.2) is 0 Å². The molecule has 0 unspecified atom stereocenters. The molecule has 0 aliphatic heterocycles. The standard InChI is InChI=1S/C16H14N4O6S/c1-8-7-11-9(2)17-15(18-13(11)26-8)19-16(23)20-27(24,25)12-6-4-3-5-10(12)14(21)22/h3-7H,1-2H3,(H,21,22)(H2,17,18,19,20,23). The average molecular weight is 390 g/mol. The number of anilines is 1. The summed E-state index contributed by atoms with van der Waals surface area (Å²) in [6.45, 7) is 3.41.